The van der Waals surface area contributed by atoms with E-state index < -0.39 is 0 Å². The molecule has 0 saturated carbocycles. The number of hydrogen-bond acceptors (Lipinski definition) is 3. The van der Waals surface area contributed by atoms with E-state index in [1.165, 1.54) is 39.1 Å². The Morgan fingerprint density at radius 3 is 2.31 bits per heavy atom. The topological polar surface area (TPSA) is 18.5 Å². The molecular weight excluding hydrogens is 198 g/mol. The largest absolute Gasteiger partial charge is 0.316 e. The van der Waals surface area contributed by atoms with Crippen molar-refractivity contribution in [3.8, 4) is 0 Å². The second-order valence-electron chi connectivity index (χ2n) is 5.92. The molecule has 16 heavy (non-hydrogen) atoms. The Balaban J connectivity index is 2.23. The van der Waals surface area contributed by atoms with Gasteiger partial charge < -0.3 is 15.1 Å². The molecule has 0 unspecified atom stereocenters. The minimum absolute atomic E-state index is 0.394. The van der Waals surface area contributed by atoms with Gasteiger partial charge in [-0.05, 0) is 25.4 Å². The summed E-state index contributed by atoms with van der Waals surface area (Å²) in [5.74, 6) is 0. The average Bonchev–Trinajstić information content (AvgIpc) is 2.21. The molecule has 1 aliphatic heterocycles. The third-order valence-electron chi connectivity index (χ3n) is 3.28. The molecular formula is C13H29N3. The van der Waals surface area contributed by atoms with Crippen molar-refractivity contribution in [1.82, 2.24) is 15.1 Å². The lowest BCUT2D eigenvalue weighted by molar-refractivity contribution is 0.110. The average molecular weight is 227 g/mol. The summed E-state index contributed by atoms with van der Waals surface area (Å²) < 4.78 is 0. The quantitative estimate of drug-likeness (QED) is 0.689. The number of rotatable bonds is 6. The van der Waals surface area contributed by atoms with Gasteiger partial charge in [-0.2, -0.15) is 0 Å². The maximum atomic E-state index is 3.54. The molecule has 0 amide bonds. The molecule has 0 atom stereocenters. The van der Waals surface area contributed by atoms with Crippen LogP contribution in [0.3, 0.4) is 0 Å². The van der Waals surface area contributed by atoms with Crippen molar-refractivity contribution >= 4 is 0 Å². The van der Waals surface area contributed by atoms with Crippen LogP contribution in [0, 0.1) is 5.41 Å². The number of hydrogen-bond donors (Lipinski definition) is 1. The first-order valence-electron chi connectivity index (χ1n) is 6.65. The summed E-state index contributed by atoms with van der Waals surface area (Å²) >= 11 is 0. The lowest BCUT2D eigenvalue weighted by atomic mass is 9.92. The van der Waals surface area contributed by atoms with Crippen LogP contribution in [-0.4, -0.2) is 62.7 Å². The van der Waals surface area contributed by atoms with Gasteiger partial charge in [0.2, 0.25) is 0 Å². The van der Waals surface area contributed by atoms with Gasteiger partial charge in [0, 0.05) is 39.3 Å². The molecule has 1 rings (SSSR count). The van der Waals surface area contributed by atoms with Gasteiger partial charge in [0.1, 0.15) is 0 Å². The Morgan fingerprint density at radius 2 is 1.75 bits per heavy atom. The molecule has 0 aromatic rings. The fourth-order valence-corrected chi connectivity index (χ4v) is 2.27. The van der Waals surface area contributed by atoms with E-state index in [1.54, 1.807) is 0 Å². The van der Waals surface area contributed by atoms with Gasteiger partial charge in [0.15, 0.2) is 0 Å². The molecule has 0 spiro atoms. The van der Waals surface area contributed by atoms with Gasteiger partial charge in [-0.1, -0.05) is 20.8 Å². The standard InChI is InChI=1S/C13H29N3/c1-5-6-14-11-13(2,3)12-16-9-7-15(4)8-10-16/h14H,5-12H2,1-4H3. The Bertz CT molecular complexity index is 184. The Morgan fingerprint density at radius 1 is 1.12 bits per heavy atom. The van der Waals surface area contributed by atoms with E-state index in [2.05, 4.69) is 42.9 Å². The number of nitrogens with one attached hydrogen (secondary N) is 1. The van der Waals surface area contributed by atoms with Gasteiger partial charge in [-0.25, -0.2) is 0 Å². The summed E-state index contributed by atoms with van der Waals surface area (Å²) in [7, 11) is 2.21. The molecule has 1 N–H and O–H groups in total. The first-order chi connectivity index (χ1) is 7.53. The van der Waals surface area contributed by atoms with Crippen molar-refractivity contribution in [3.63, 3.8) is 0 Å². The van der Waals surface area contributed by atoms with E-state index in [4.69, 9.17) is 0 Å². The number of piperazine rings is 1. The summed E-state index contributed by atoms with van der Waals surface area (Å²) in [5.41, 5.74) is 0.394. The van der Waals surface area contributed by atoms with Crippen LogP contribution in [0.1, 0.15) is 27.2 Å². The van der Waals surface area contributed by atoms with Crippen LogP contribution in [0.2, 0.25) is 0 Å². The zero-order valence-corrected chi connectivity index (χ0v) is 11.6. The van der Waals surface area contributed by atoms with Crippen LogP contribution in [-0.2, 0) is 0 Å². The molecule has 3 nitrogen and oxygen atoms in total. The van der Waals surface area contributed by atoms with E-state index in [0.29, 0.717) is 5.41 Å². The predicted molar refractivity (Wildman–Crippen MR) is 70.9 cm³/mol. The molecule has 1 heterocycles. The first-order valence-corrected chi connectivity index (χ1v) is 6.65. The molecule has 3 heteroatoms. The van der Waals surface area contributed by atoms with Crippen molar-refractivity contribution in [2.45, 2.75) is 27.2 Å². The minimum atomic E-state index is 0.394. The zero-order chi connectivity index (χ0) is 12.0. The van der Waals surface area contributed by atoms with Crippen LogP contribution in [0.4, 0.5) is 0 Å². The van der Waals surface area contributed by atoms with Gasteiger partial charge in [-0.15, -0.1) is 0 Å². The fraction of sp³-hybridized carbons (Fsp3) is 1.00. The van der Waals surface area contributed by atoms with E-state index in [9.17, 15) is 0 Å². The summed E-state index contributed by atoms with van der Waals surface area (Å²) in [6.07, 6.45) is 1.23. The third kappa shape index (κ3) is 5.28. The van der Waals surface area contributed by atoms with Gasteiger partial charge in [0.25, 0.3) is 0 Å². The normalized spacial score (nSPS) is 20.2. The first kappa shape index (κ1) is 13.9. The molecule has 96 valence electrons. The molecule has 1 saturated heterocycles. The van der Waals surface area contributed by atoms with Crippen molar-refractivity contribution in [2.24, 2.45) is 5.41 Å². The summed E-state index contributed by atoms with van der Waals surface area (Å²) in [4.78, 5) is 5.02. The molecule has 0 aromatic carbocycles. The predicted octanol–water partition coefficient (Wildman–Crippen LogP) is 1.26. The van der Waals surface area contributed by atoms with Crippen LogP contribution >= 0.6 is 0 Å². The Kier molecular flexibility index (Phi) is 5.73. The fourth-order valence-electron chi connectivity index (χ4n) is 2.27. The highest BCUT2D eigenvalue weighted by atomic mass is 15.2. The highest BCUT2D eigenvalue weighted by molar-refractivity contribution is 4.79. The van der Waals surface area contributed by atoms with Crippen LogP contribution < -0.4 is 5.32 Å². The highest BCUT2D eigenvalue weighted by Gasteiger charge is 2.23. The summed E-state index contributed by atoms with van der Waals surface area (Å²) in [5, 5.41) is 3.54. The number of likely N-dealkylation sites (N-methyl/N-ethyl adjacent to an activating group) is 1. The molecule has 1 aliphatic rings. The second-order valence-corrected chi connectivity index (χ2v) is 5.92. The third-order valence-corrected chi connectivity index (χ3v) is 3.28. The lowest BCUT2D eigenvalue weighted by Crippen LogP contribution is -2.49. The zero-order valence-electron chi connectivity index (χ0n) is 11.6. The number of nitrogens with zero attached hydrogens (tertiary/aromatic N) is 2. The molecule has 0 aromatic heterocycles. The van der Waals surface area contributed by atoms with Gasteiger partial charge in [-0.3, -0.25) is 0 Å². The van der Waals surface area contributed by atoms with Crippen LogP contribution in [0.5, 0.6) is 0 Å². The minimum Gasteiger partial charge on any atom is -0.316 e. The Hall–Kier alpha value is -0.120. The van der Waals surface area contributed by atoms with E-state index in [-0.39, 0.29) is 0 Å². The summed E-state index contributed by atoms with van der Waals surface area (Å²) in [6, 6.07) is 0. The monoisotopic (exact) mass is 227 g/mol. The van der Waals surface area contributed by atoms with Gasteiger partial charge in [0.05, 0.1) is 0 Å². The summed E-state index contributed by atoms with van der Waals surface area (Å²) in [6.45, 7) is 15.4. The van der Waals surface area contributed by atoms with E-state index in [0.717, 1.165) is 13.1 Å². The lowest BCUT2D eigenvalue weighted by Gasteiger charge is -2.37. The van der Waals surface area contributed by atoms with Crippen molar-refractivity contribution in [1.29, 1.82) is 0 Å². The highest BCUT2D eigenvalue weighted by Crippen LogP contribution is 2.16. The molecule has 0 aliphatic carbocycles. The van der Waals surface area contributed by atoms with Gasteiger partial charge >= 0.3 is 0 Å². The molecule has 1 fully saturated rings. The smallest absolute Gasteiger partial charge is 0.0110 e. The van der Waals surface area contributed by atoms with Crippen molar-refractivity contribution in [2.75, 3.05) is 52.9 Å². The molecule has 0 radical (unpaired) electrons. The van der Waals surface area contributed by atoms with Crippen molar-refractivity contribution < 1.29 is 0 Å². The van der Waals surface area contributed by atoms with Crippen molar-refractivity contribution in [3.05, 3.63) is 0 Å². The Labute approximate surface area is 101 Å². The van der Waals surface area contributed by atoms with E-state index >= 15 is 0 Å². The maximum absolute atomic E-state index is 3.54. The van der Waals surface area contributed by atoms with E-state index in [1.807, 2.05) is 0 Å². The maximum Gasteiger partial charge on any atom is 0.0110 e. The van der Waals surface area contributed by atoms with Crippen LogP contribution in [0.25, 0.3) is 0 Å². The SMILES string of the molecule is CCCNCC(C)(C)CN1CCN(C)CC1. The second kappa shape index (κ2) is 6.58. The molecule has 0 bridgehead atoms. The van der Waals surface area contributed by atoms with Crippen LogP contribution in [0.15, 0.2) is 0 Å².